The number of thioether (sulfide) groups is 1. The summed E-state index contributed by atoms with van der Waals surface area (Å²) in [6.45, 7) is 1.76. The molecule has 0 radical (unpaired) electrons. The van der Waals surface area contributed by atoms with Crippen molar-refractivity contribution < 1.29 is 5.11 Å². The Morgan fingerprint density at radius 3 is 2.32 bits per heavy atom. The van der Waals surface area contributed by atoms with Gasteiger partial charge in [0.05, 0.1) is 16.1 Å². The fourth-order valence-electron chi connectivity index (χ4n) is 1.64. The molecule has 100 valence electrons. The second-order valence-electron chi connectivity index (χ2n) is 4.28. The minimum atomic E-state index is -0.422. The van der Waals surface area contributed by atoms with E-state index in [0.717, 1.165) is 21.8 Å². The Hall–Kier alpha value is -0.670. The minimum Gasteiger partial charge on any atom is -0.389 e. The van der Waals surface area contributed by atoms with Crippen molar-refractivity contribution in [2.24, 2.45) is 0 Å². The number of hydrogen-bond acceptors (Lipinski definition) is 2. The first kappa shape index (κ1) is 14.7. The summed E-state index contributed by atoms with van der Waals surface area (Å²) in [6.07, 6.45) is -0.422. The van der Waals surface area contributed by atoms with Crippen LogP contribution in [0.5, 0.6) is 0 Å². The SMILES string of the molecule is CC(O)c1ccc(SCc2ccc(Cl)c(Cl)c2)cc1. The highest BCUT2D eigenvalue weighted by atomic mass is 35.5. The van der Waals surface area contributed by atoms with Gasteiger partial charge in [-0.25, -0.2) is 0 Å². The zero-order valence-corrected chi connectivity index (χ0v) is 12.8. The highest BCUT2D eigenvalue weighted by Gasteiger charge is 2.03. The average molecular weight is 313 g/mol. The number of benzene rings is 2. The van der Waals surface area contributed by atoms with Crippen LogP contribution in [0.25, 0.3) is 0 Å². The molecule has 1 N–H and O–H groups in total. The molecule has 0 aromatic heterocycles. The number of hydrogen-bond donors (Lipinski definition) is 1. The minimum absolute atomic E-state index is 0.422. The van der Waals surface area contributed by atoms with Gasteiger partial charge in [0.2, 0.25) is 0 Å². The number of aliphatic hydroxyl groups is 1. The van der Waals surface area contributed by atoms with Crippen LogP contribution in [0.15, 0.2) is 47.4 Å². The second kappa shape index (κ2) is 6.67. The van der Waals surface area contributed by atoms with Crippen LogP contribution in [0.3, 0.4) is 0 Å². The van der Waals surface area contributed by atoms with Gasteiger partial charge in [-0.05, 0) is 42.3 Å². The van der Waals surface area contributed by atoms with Crippen LogP contribution in [-0.4, -0.2) is 5.11 Å². The highest BCUT2D eigenvalue weighted by Crippen LogP contribution is 2.28. The predicted molar refractivity (Wildman–Crippen MR) is 83.1 cm³/mol. The monoisotopic (exact) mass is 312 g/mol. The fraction of sp³-hybridized carbons (Fsp3) is 0.200. The summed E-state index contributed by atoms with van der Waals surface area (Å²) in [5.41, 5.74) is 2.07. The molecule has 0 saturated heterocycles. The summed E-state index contributed by atoms with van der Waals surface area (Å²) < 4.78 is 0. The number of aliphatic hydroxyl groups excluding tert-OH is 1. The van der Waals surface area contributed by atoms with Gasteiger partial charge in [0.1, 0.15) is 0 Å². The Morgan fingerprint density at radius 2 is 1.74 bits per heavy atom. The molecule has 0 aliphatic carbocycles. The Bertz CT molecular complexity index is 553. The lowest BCUT2D eigenvalue weighted by Crippen LogP contribution is -1.89. The standard InChI is InChI=1S/C15H14Cl2OS/c1-10(18)12-3-5-13(6-4-12)19-9-11-2-7-14(16)15(17)8-11/h2-8,10,18H,9H2,1H3. The Morgan fingerprint density at radius 1 is 1.05 bits per heavy atom. The smallest absolute Gasteiger partial charge is 0.0761 e. The molecule has 0 heterocycles. The van der Waals surface area contributed by atoms with E-state index in [-0.39, 0.29) is 0 Å². The second-order valence-corrected chi connectivity index (χ2v) is 6.15. The zero-order valence-electron chi connectivity index (χ0n) is 10.4. The third kappa shape index (κ3) is 4.15. The number of rotatable bonds is 4. The van der Waals surface area contributed by atoms with Crippen molar-refractivity contribution in [2.75, 3.05) is 0 Å². The molecule has 4 heteroatoms. The molecule has 1 unspecified atom stereocenters. The molecule has 0 aliphatic rings. The molecule has 1 nitrogen and oxygen atoms in total. The van der Waals surface area contributed by atoms with Gasteiger partial charge in [-0.2, -0.15) is 0 Å². The molecule has 2 aromatic rings. The van der Waals surface area contributed by atoms with Gasteiger partial charge in [0.15, 0.2) is 0 Å². The molecule has 0 fully saturated rings. The maximum absolute atomic E-state index is 9.45. The van der Waals surface area contributed by atoms with Crippen LogP contribution in [0.1, 0.15) is 24.2 Å². The largest absolute Gasteiger partial charge is 0.389 e. The van der Waals surface area contributed by atoms with Crippen molar-refractivity contribution in [1.82, 2.24) is 0 Å². The molecule has 0 bridgehead atoms. The third-order valence-electron chi connectivity index (χ3n) is 2.75. The van der Waals surface area contributed by atoms with E-state index in [4.69, 9.17) is 23.2 Å². The lowest BCUT2D eigenvalue weighted by molar-refractivity contribution is 0.199. The first-order valence-electron chi connectivity index (χ1n) is 5.91. The lowest BCUT2D eigenvalue weighted by atomic mass is 10.1. The normalized spacial score (nSPS) is 12.4. The lowest BCUT2D eigenvalue weighted by Gasteiger charge is -2.07. The van der Waals surface area contributed by atoms with Crippen LogP contribution >= 0.6 is 35.0 Å². The first-order valence-corrected chi connectivity index (χ1v) is 7.65. The van der Waals surface area contributed by atoms with Crippen molar-refractivity contribution in [3.63, 3.8) is 0 Å². The van der Waals surface area contributed by atoms with Gasteiger partial charge in [-0.1, -0.05) is 41.4 Å². The van der Waals surface area contributed by atoms with E-state index in [0.29, 0.717) is 10.0 Å². The van der Waals surface area contributed by atoms with Gasteiger partial charge < -0.3 is 5.11 Å². The summed E-state index contributed by atoms with van der Waals surface area (Å²) in [7, 11) is 0. The van der Waals surface area contributed by atoms with Crippen LogP contribution in [-0.2, 0) is 5.75 Å². The van der Waals surface area contributed by atoms with Crippen LogP contribution < -0.4 is 0 Å². The van der Waals surface area contributed by atoms with Gasteiger partial charge in [0.25, 0.3) is 0 Å². The highest BCUT2D eigenvalue weighted by molar-refractivity contribution is 7.98. The molecule has 2 rings (SSSR count). The molecule has 0 spiro atoms. The fourth-order valence-corrected chi connectivity index (χ4v) is 2.80. The maximum Gasteiger partial charge on any atom is 0.0761 e. The van der Waals surface area contributed by atoms with E-state index in [9.17, 15) is 5.11 Å². The van der Waals surface area contributed by atoms with Gasteiger partial charge in [-0.15, -0.1) is 11.8 Å². The molecule has 0 saturated carbocycles. The topological polar surface area (TPSA) is 20.2 Å². The van der Waals surface area contributed by atoms with E-state index in [1.54, 1.807) is 18.7 Å². The molecule has 2 aromatic carbocycles. The van der Waals surface area contributed by atoms with Crippen molar-refractivity contribution in [1.29, 1.82) is 0 Å². The number of halogens is 2. The van der Waals surface area contributed by atoms with Crippen LogP contribution in [0.4, 0.5) is 0 Å². The van der Waals surface area contributed by atoms with Crippen LogP contribution in [0, 0.1) is 0 Å². The Kier molecular flexibility index (Phi) is 5.17. The van der Waals surface area contributed by atoms with E-state index < -0.39 is 6.10 Å². The third-order valence-corrected chi connectivity index (χ3v) is 4.57. The van der Waals surface area contributed by atoms with Crippen molar-refractivity contribution in [3.05, 3.63) is 63.6 Å². The van der Waals surface area contributed by atoms with Gasteiger partial charge in [-0.3, -0.25) is 0 Å². The summed E-state index contributed by atoms with van der Waals surface area (Å²) in [4.78, 5) is 1.16. The van der Waals surface area contributed by atoms with Crippen molar-refractivity contribution in [3.8, 4) is 0 Å². The summed E-state index contributed by atoms with van der Waals surface area (Å²) in [5, 5.41) is 10.6. The van der Waals surface area contributed by atoms with E-state index in [1.807, 2.05) is 42.5 Å². The first-order chi connectivity index (χ1) is 9.06. The zero-order chi connectivity index (χ0) is 13.8. The predicted octanol–water partition coefficient (Wildman–Crippen LogP) is 5.34. The summed E-state index contributed by atoms with van der Waals surface area (Å²) >= 11 is 13.6. The van der Waals surface area contributed by atoms with E-state index in [1.165, 1.54) is 0 Å². The van der Waals surface area contributed by atoms with Gasteiger partial charge >= 0.3 is 0 Å². The summed E-state index contributed by atoms with van der Waals surface area (Å²) in [5.74, 6) is 0.838. The molecule has 0 aliphatic heterocycles. The quantitative estimate of drug-likeness (QED) is 0.769. The van der Waals surface area contributed by atoms with Gasteiger partial charge in [0, 0.05) is 10.6 Å². The Labute approximate surface area is 127 Å². The molecule has 19 heavy (non-hydrogen) atoms. The molecular formula is C15H14Cl2OS. The maximum atomic E-state index is 9.45. The summed E-state index contributed by atoms with van der Waals surface area (Å²) in [6, 6.07) is 13.6. The molecule has 0 amide bonds. The molecule has 1 atom stereocenters. The van der Waals surface area contributed by atoms with Crippen molar-refractivity contribution in [2.45, 2.75) is 23.7 Å². The van der Waals surface area contributed by atoms with E-state index >= 15 is 0 Å². The average Bonchev–Trinajstić information content (AvgIpc) is 2.40. The Balaban J connectivity index is 2.00. The van der Waals surface area contributed by atoms with Crippen LogP contribution in [0.2, 0.25) is 10.0 Å². The molecular weight excluding hydrogens is 299 g/mol. The van der Waals surface area contributed by atoms with Crippen molar-refractivity contribution >= 4 is 35.0 Å². The van der Waals surface area contributed by atoms with E-state index in [2.05, 4.69) is 0 Å².